The molecule has 2 unspecified atom stereocenters. The molecule has 0 aromatic heterocycles. The first-order valence-electron chi connectivity index (χ1n) is 2.50. The number of hydrogen-bond donors (Lipinski definition) is 1. The van der Waals surface area contributed by atoms with Gasteiger partial charge in [-0.05, 0) is 12.8 Å². The fraction of sp³-hybridized carbons (Fsp3) is 1.00. The van der Waals surface area contributed by atoms with Gasteiger partial charge in [-0.15, -0.1) is 5.06 Å². The zero-order valence-corrected chi connectivity index (χ0v) is 3.87. The molecule has 7 heavy (non-hydrogen) atoms. The molecule has 2 bridgehead atoms. The largest absolute Gasteiger partial charge is 0.340 e. The highest BCUT2D eigenvalue weighted by Gasteiger charge is 2.45. The smallest absolute Gasteiger partial charge is 0.138 e. The van der Waals surface area contributed by atoms with E-state index in [9.17, 15) is 0 Å². The monoisotopic (exact) mass is 101 g/mol. The molecule has 40 valence electrons. The fourth-order valence-corrected chi connectivity index (χ4v) is 1.12. The molecule has 3 fully saturated rings. The average Bonchev–Trinajstić information content (AvgIpc) is 2.18. The predicted molar refractivity (Wildman–Crippen MR) is 21.5 cm³/mol. The molecule has 0 amide bonds. The highest BCUT2D eigenvalue weighted by atomic mass is 16.7. The minimum absolute atomic E-state index is 0.0463. The maximum Gasteiger partial charge on any atom is 0.138 e. The van der Waals surface area contributed by atoms with E-state index in [1.165, 1.54) is 5.06 Å². The number of nitrogens with zero attached hydrogens (tertiary/aromatic N) is 1. The van der Waals surface area contributed by atoms with E-state index in [1.54, 1.807) is 0 Å². The van der Waals surface area contributed by atoms with Crippen LogP contribution in [-0.4, -0.2) is 22.7 Å². The summed E-state index contributed by atoms with van der Waals surface area (Å²) in [6.45, 7) is 0. The van der Waals surface area contributed by atoms with Crippen LogP contribution >= 0.6 is 0 Å². The summed E-state index contributed by atoms with van der Waals surface area (Å²) in [5.74, 6) is 0. The molecule has 3 rings (SSSR count). The van der Waals surface area contributed by atoms with Crippen molar-refractivity contribution in [2.24, 2.45) is 0 Å². The van der Waals surface area contributed by atoms with Crippen LogP contribution in [0.5, 0.6) is 0 Å². The summed E-state index contributed by atoms with van der Waals surface area (Å²) in [6, 6.07) is 0. The molecule has 3 nitrogen and oxygen atoms in total. The van der Waals surface area contributed by atoms with E-state index in [0.717, 1.165) is 12.8 Å². The second-order valence-electron chi connectivity index (χ2n) is 2.00. The molecule has 0 radical (unpaired) electrons. The van der Waals surface area contributed by atoms with Crippen LogP contribution in [-0.2, 0) is 4.74 Å². The van der Waals surface area contributed by atoms with E-state index < -0.39 is 0 Å². The van der Waals surface area contributed by atoms with Crippen LogP contribution in [0.15, 0.2) is 0 Å². The van der Waals surface area contributed by atoms with Crippen molar-refractivity contribution in [2.75, 3.05) is 0 Å². The lowest BCUT2D eigenvalue weighted by Crippen LogP contribution is -2.48. The second kappa shape index (κ2) is 0.992. The van der Waals surface area contributed by atoms with Gasteiger partial charge in [0.2, 0.25) is 0 Å². The van der Waals surface area contributed by atoms with E-state index in [-0.39, 0.29) is 12.5 Å². The first kappa shape index (κ1) is 3.83. The van der Waals surface area contributed by atoms with Gasteiger partial charge >= 0.3 is 0 Å². The van der Waals surface area contributed by atoms with Crippen LogP contribution < -0.4 is 0 Å². The van der Waals surface area contributed by atoms with Crippen LogP contribution in [0.1, 0.15) is 12.8 Å². The summed E-state index contributed by atoms with van der Waals surface area (Å²) in [5, 5.41) is 10.0. The van der Waals surface area contributed by atoms with Gasteiger partial charge in [-0.3, -0.25) is 0 Å². The third kappa shape index (κ3) is 0.311. The Labute approximate surface area is 41.4 Å². The number of hydrogen-bond acceptors (Lipinski definition) is 3. The normalized spacial score (nSPS) is 49.3. The fourth-order valence-electron chi connectivity index (χ4n) is 1.12. The van der Waals surface area contributed by atoms with Crippen LogP contribution in [0.2, 0.25) is 0 Å². The van der Waals surface area contributed by atoms with Crippen LogP contribution in [0.3, 0.4) is 0 Å². The van der Waals surface area contributed by atoms with Gasteiger partial charge in [0, 0.05) is 0 Å². The Morgan fingerprint density at radius 2 is 2.00 bits per heavy atom. The quantitative estimate of drug-likeness (QED) is 0.471. The minimum Gasteiger partial charge on any atom is -0.340 e. The minimum atomic E-state index is 0.0463. The van der Waals surface area contributed by atoms with Gasteiger partial charge < -0.3 is 9.94 Å². The van der Waals surface area contributed by atoms with Crippen molar-refractivity contribution in [3.8, 4) is 0 Å². The molecule has 0 aromatic rings. The van der Waals surface area contributed by atoms with Crippen molar-refractivity contribution in [3.05, 3.63) is 0 Å². The molecule has 3 aliphatic rings. The number of fused-ring (bicyclic) bond motifs is 1. The van der Waals surface area contributed by atoms with Crippen LogP contribution in [0, 0.1) is 0 Å². The molecule has 0 spiro atoms. The third-order valence-corrected chi connectivity index (χ3v) is 1.56. The van der Waals surface area contributed by atoms with Crippen LogP contribution in [0.4, 0.5) is 0 Å². The maximum atomic E-state index is 8.76. The summed E-state index contributed by atoms with van der Waals surface area (Å²) >= 11 is 0. The average molecular weight is 101 g/mol. The van der Waals surface area contributed by atoms with Gasteiger partial charge in [-0.1, -0.05) is 0 Å². The lowest BCUT2D eigenvalue weighted by atomic mass is 10.4. The van der Waals surface area contributed by atoms with Crippen molar-refractivity contribution >= 4 is 0 Å². The topological polar surface area (TPSA) is 32.7 Å². The lowest BCUT2D eigenvalue weighted by molar-refractivity contribution is -0.366. The number of rotatable bonds is 0. The van der Waals surface area contributed by atoms with Crippen molar-refractivity contribution in [1.29, 1.82) is 0 Å². The second-order valence-corrected chi connectivity index (χ2v) is 2.00. The van der Waals surface area contributed by atoms with E-state index in [4.69, 9.17) is 9.94 Å². The zero-order chi connectivity index (χ0) is 4.85. The highest BCUT2D eigenvalue weighted by molar-refractivity contribution is 4.79. The SMILES string of the molecule is ON1C2CCC1O2. The van der Waals surface area contributed by atoms with Crippen molar-refractivity contribution in [2.45, 2.75) is 25.3 Å². The molecule has 0 aromatic carbocycles. The van der Waals surface area contributed by atoms with Gasteiger partial charge in [-0.25, -0.2) is 0 Å². The summed E-state index contributed by atoms with van der Waals surface area (Å²) in [6.07, 6.45) is 2.09. The molecule has 3 heterocycles. The Bertz CT molecular complexity index is 81.7. The Balaban J connectivity index is 2.14. The first-order chi connectivity index (χ1) is 3.38. The molecule has 3 aliphatic heterocycles. The van der Waals surface area contributed by atoms with E-state index in [2.05, 4.69) is 0 Å². The van der Waals surface area contributed by atoms with E-state index in [1.807, 2.05) is 0 Å². The Kier molecular flexibility index (Phi) is 0.543. The summed E-state index contributed by atoms with van der Waals surface area (Å²) < 4.78 is 5.04. The number of hydroxylamine groups is 2. The first-order valence-corrected chi connectivity index (χ1v) is 2.50. The third-order valence-electron chi connectivity index (χ3n) is 1.56. The zero-order valence-electron chi connectivity index (χ0n) is 3.87. The summed E-state index contributed by atoms with van der Waals surface area (Å²) in [7, 11) is 0. The predicted octanol–water partition coefficient (Wildman–Crippen LogP) is 0.154. The molecule has 1 N–H and O–H groups in total. The molecule has 2 atom stereocenters. The van der Waals surface area contributed by atoms with Crippen LogP contribution in [0.25, 0.3) is 0 Å². The molecular weight excluding hydrogens is 94.0 g/mol. The highest BCUT2D eigenvalue weighted by Crippen LogP contribution is 2.34. The lowest BCUT2D eigenvalue weighted by Gasteiger charge is -2.33. The van der Waals surface area contributed by atoms with Crippen molar-refractivity contribution in [1.82, 2.24) is 5.06 Å². The van der Waals surface area contributed by atoms with E-state index in [0.29, 0.717) is 0 Å². The molecule has 0 saturated carbocycles. The Morgan fingerprint density at radius 1 is 1.43 bits per heavy atom. The standard InChI is InChI=1S/C4H7NO2/c6-5-3-1-2-4(5)7-3/h3-4,6H,1-2H2. The van der Waals surface area contributed by atoms with Gasteiger partial charge in [-0.2, -0.15) is 0 Å². The Hall–Kier alpha value is -0.120. The molecule has 0 aliphatic carbocycles. The van der Waals surface area contributed by atoms with E-state index >= 15 is 0 Å². The maximum absolute atomic E-state index is 8.76. The van der Waals surface area contributed by atoms with Crippen molar-refractivity contribution < 1.29 is 9.94 Å². The molecular formula is C4H7NO2. The van der Waals surface area contributed by atoms with Gasteiger partial charge in [0.25, 0.3) is 0 Å². The Morgan fingerprint density at radius 3 is 2.14 bits per heavy atom. The van der Waals surface area contributed by atoms with Gasteiger partial charge in [0.15, 0.2) is 0 Å². The van der Waals surface area contributed by atoms with Gasteiger partial charge in [0.1, 0.15) is 12.5 Å². The molecule has 3 heteroatoms. The summed E-state index contributed by atoms with van der Waals surface area (Å²) in [4.78, 5) is 0. The van der Waals surface area contributed by atoms with Crippen molar-refractivity contribution in [3.63, 3.8) is 0 Å². The summed E-state index contributed by atoms with van der Waals surface area (Å²) in [5.41, 5.74) is 0. The molecule has 3 saturated heterocycles. The van der Waals surface area contributed by atoms with Gasteiger partial charge in [0.05, 0.1) is 0 Å². The number of ether oxygens (including phenoxy) is 1.